The van der Waals surface area contributed by atoms with Crippen LogP contribution in [0.4, 0.5) is 0 Å². The molecule has 2 aliphatic rings. The third-order valence-corrected chi connectivity index (χ3v) is 4.63. The van der Waals surface area contributed by atoms with Crippen LogP contribution in [0, 0.1) is 5.92 Å². The molecule has 0 saturated heterocycles. The Hall–Kier alpha value is -2.24. The number of amides is 2. The second-order valence-corrected chi connectivity index (χ2v) is 6.47. The Morgan fingerprint density at radius 2 is 1.92 bits per heavy atom. The van der Waals surface area contributed by atoms with Gasteiger partial charge in [0.15, 0.2) is 11.5 Å². The second kappa shape index (κ2) is 7.55. The molecule has 1 atom stereocenters. The van der Waals surface area contributed by atoms with Crippen molar-refractivity contribution >= 4 is 11.8 Å². The lowest BCUT2D eigenvalue weighted by Crippen LogP contribution is -2.46. The number of hydrogen-bond acceptors (Lipinski definition) is 4. The summed E-state index contributed by atoms with van der Waals surface area (Å²) >= 11 is 0. The molecule has 1 aromatic rings. The van der Waals surface area contributed by atoms with Crippen LogP contribution in [0.25, 0.3) is 0 Å². The van der Waals surface area contributed by atoms with Crippen molar-refractivity contribution in [1.82, 2.24) is 10.6 Å². The van der Waals surface area contributed by atoms with E-state index in [4.69, 9.17) is 9.47 Å². The highest BCUT2D eigenvalue weighted by Crippen LogP contribution is 2.32. The van der Waals surface area contributed by atoms with Gasteiger partial charge in [0.2, 0.25) is 18.6 Å². The van der Waals surface area contributed by atoms with Crippen molar-refractivity contribution in [3.05, 3.63) is 23.8 Å². The zero-order chi connectivity index (χ0) is 16.9. The predicted molar refractivity (Wildman–Crippen MR) is 88.6 cm³/mol. The predicted octanol–water partition coefficient (Wildman–Crippen LogP) is 2.12. The Kier molecular flexibility index (Phi) is 5.23. The molecule has 6 nitrogen and oxygen atoms in total. The molecule has 0 radical (unpaired) electrons. The van der Waals surface area contributed by atoms with Gasteiger partial charge >= 0.3 is 0 Å². The van der Waals surface area contributed by atoms with E-state index in [2.05, 4.69) is 10.6 Å². The molecule has 24 heavy (non-hydrogen) atoms. The monoisotopic (exact) mass is 332 g/mol. The minimum atomic E-state index is -0.534. The third kappa shape index (κ3) is 3.99. The van der Waals surface area contributed by atoms with E-state index in [1.807, 2.05) is 18.2 Å². The Balaban J connectivity index is 1.46. The van der Waals surface area contributed by atoms with Gasteiger partial charge in [0.25, 0.3) is 0 Å². The Morgan fingerprint density at radius 3 is 2.71 bits per heavy atom. The smallest absolute Gasteiger partial charge is 0.242 e. The fourth-order valence-electron chi connectivity index (χ4n) is 3.15. The van der Waals surface area contributed by atoms with Crippen molar-refractivity contribution in [2.75, 3.05) is 6.79 Å². The fraction of sp³-hybridized carbons (Fsp3) is 0.556. The van der Waals surface area contributed by atoms with Crippen molar-refractivity contribution in [3.8, 4) is 11.5 Å². The van der Waals surface area contributed by atoms with Crippen LogP contribution in [0.5, 0.6) is 11.5 Å². The molecule has 1 heterocycles. The van der Waals surface area contributed by atoms with E-state index in [0.717, 1.165) is 37.0 Å². The summed E-state index contributed by atoms with van der Waals surface area (Å²) in [5.74, 6) is 1.29. The van der Waals surface area contributed by atoms with Crippen LogP contribution in [0.3, 0.4) is 0 Å². The van der Waals surface area contributed by atoms with Crippen molar-refractivity contribution in [3.63, 3.8) is 0 Å². The molecule has 1 aromatic carbocycles. The molecule has 130 valence electrons. The van der Waals surface area contributed by atoms with Crippen molar-refractivity contribution in [1.29, 1.82) is 0 Å². The molecule has 0 spiro atoms. The van der Waals surface area contributed by atoms with Crippen LogP contribution >= 0.6 is 0 Å². The van der Waals surface area contributed by atoms with Gasteiger partial charge in [-0.25, -0.2) is 0 Å². The number of ether oxygens (including phenoxy) is 2. The Labute approximate surface area is 141 Å². The molecule has 6 heteroatoms. The molecule has 1 aliphatic carbocycles. The Morgan fingerprint density at radius 1 is 1.17 bits per heavy atom. The highest BCUT2D eigenvalue weighted by atomic mass is 16.7. The van der Waals surface area contributed by atoms with Gasteiger partial charge in [-0.15, -0.1) is 0 Å². The van der Waals surface area contributed by atoms with Gasteiger partial charge in [-0.1, -0.05) is 25.3 Å². The number of nitrogens with one attached hydrogen (secondary N) is 2. The average molecular weight is 332 g/mol. The fourth-order valence-corrected chi connectivity index (χ4v) is 3.15. The van der Waals surface area contributed by atoms with Crippen LogP contribution in [0.1, 0.15) is 44.6 Å². The zero-order valence-electron chi connectivity index (χ0n) is 14.0. The molecule has 0 unspecified atom stereocenters. The van der Waals surface area contributed by atoms with Crippen molar-refractivity contribution < 1.29 is 19.1 Å². The molecular formula is C18H24N2O4. The van der Waals surface area contributed by atoms with E-state index in [9.17, 15) is 9.59 Å². The first-order chi connectivity index (χ1) is 11.6. The quantitative estimate of drug-likeness (QED) is 0.866. The Bertz CT molecular complexity index is 611. The van der Waals surface area contributed by atoms with Crippen LogP contribution < -0.4 is 20.1 Å². The molecule has 2 N–H and O–H groups in total. The number of benzene rings is 1. The van der Waals surface area contributed by atoms with E-state index in [0.29, 0.717) is 12.3 Å². The lowest BCUT2D eigenvalue weighted by Gasteiger charge is -2.23. The third-order valence-electron chi connectivity index (χ3n) is 4.63. The molecule has 0 bridgehead atoms. The van der Waals surface area contributed by atoms with Crippen LogP contribution in [0.2, 0.25) is 0 Å². The maximum atomic E-state index is 12.2. The first kappa shape index (κ1) is 16.6. The molecule has 1 aliphatic heterocycles. The van der Waals surface area contributed by atoms with Gasteiger partial charge < -0.3 is 20.1 Å². The van der Waals surface area contributed by atoms with Gasteiger partial charge in [0.1, 0.15) is 6.04 Å². The highest BCUT2D eigenvalue weighted by Gasteiger charge is 2.24. The summed E-state index contributed by atoms with van der Waals surface area (Å²) in [6.45, 7) is 2.34. The first-order valence-electron chi connectivity index (χ1n) is 8.60. The minimum Gasteiger partial charge on any atom is -0.454 e. The number of carbonyl (C=O) groups excluding carboxylic acids is 2. The summed E-state index contributed by atoms with van der Waals surface area (Å²) in [7, 11) is 0. The van der Waals surface area contributed by atoms with E-state index in [1.165, 1.54) is 6.42 Å². The van der Waals surface area contributed by atoms with E-state index in [1.54, 1.807) is 6.92 Å². The first-order valence-corrected chi connectivity index (χ1v) is 8.60. The summed E-state index contributed by atoms with van der Waals surface area (Å²) in [4.78, 5) is 24.4. The highest BCUT2D eigenvalue weighted by molar-refractivity contribution is 5.88. The SMILES string of the molecule is C[C@@H](NC(=O)C1CCCCC1)C(=O)NCc1ccc2c(c1)OCO2. The molecule has 2 amide bonds. The van der Waals surface area contributed by atoms with E-state index in [-0.39, 0.29) is 24.5 Å². The molecule has 1 saturated carbocycles. The van der Waals surface area contributed by atoms with Gasteiger partial charge in [-0.3, -0.25) is 9.59 Å². The summed E-state index contributed by atoms with van der Waals surface area (Å²) < 4.78 is 10.6. The molecule has 3 rings (SSSR count). The van der Waals surface area contributed by atoms with Crippen molar-refractivity contribution in [2.45, 2.75) is 51.6 Å². The van der Waals surface area contributed by atoms with Gasteiger partial charge in [-0.2, -0.15) is 0 Å². The maximum Gasteiger partial charge on any atom is 0.242 e. The largest absolute Gasteiger partial charge is 0.454 e. The normalized spacial score (nSPS) is 18.0. The standard InChI is InChI=1S/C18H24N2O4/c1-12(20-18(22)14-5-3-2-4-6-14)17(21)19-10-13-7-8-15-16(9-13)24-11-23-15/h7-9,12,14H,2-6,10-11H2,1H3,(H,19,21)(H,20,22)/t12-/m1/s1. The van der Waals surface area contributed by atoms with Gasteiger partial charge in [0, 0.05) is 12.5 Å². The van der Waals surface area contributed by atoms with Crippen LogP contribution in [0.15, 0.2) is 18.2 Å². The van der Waals surface area contributed by atoms with Crippen LogP contribution in [-0.4, -0.2) is 24.6 Å². The molecular weight excluding hydrogens is 308 g/mol. The summed E-state index contributed by atoms with van der Waals surface area (Å²) in [5, 5.41) is 5.68. The summed E-state index contributed by atoms with van der Waals surface area (Å²) in [6, 6.07) is 5.04. The molecule has 1 fully saturated rings. The van der Waals surface area contributed by atoms with Gasteiger partial charge in [0.05, 0.1) is 0 Å². The lowest BCUT2D eigenvalue weighted by molar-refractivity contribution is -0.131. The average Bonchev–Trinajstić information content (AvgIpc) is 3.08. The zero-order valence-corrected chi connectivity index (χ0v) is 14.0. The van der Waals surface area contributed by atoms with Crippen molar-refractivity contribution in [2.24, 2.45) is 5.92 Å². The number of hydrogen-bond donors (Lipinski definition) is 2. The maximum absolute atomic E-state index is 12.2. The van der Waals surface area contributed by atoms with E-state index >= 15 is 0 Å². The van der Waals surface area contributed by atoms with E-state index < -0.39 is 6.04 Å². The minimum absolute atomic E-state index is 0.000398. The number of fused-ring (bicyclic) bond motifs is 1. The molecule has 0 aromatic heterocycles. The number of rotatable bonds is 5. The lowest BCUT2D eigenvalue weighted by atomic mass is 9.88. The number of carbonyl (C=O) groups is 2. The topological polar surface area (TPSA) is 76.7 Å². The second-order valence-electron chi connectivity index (χ2n) is 6.47. The summed E-state index contributed by atoms with van der Waals surface area (Å²) in [5.41, 5.74) is 0.929. The van der Waals surface area contributed by atoms with Crippen LogP contribution in [-0.2, 0) is 16.1 Å². The summed E-state index contributed by atoms with van der Waals surface area (Å²) in [6.07, 6.45) is 5.26. The van der Waals surface area contributed by atoms with Gasteiger partial charge in [-0.05, 0) is 37.5 Å².